The summed E-state index contributed by atoms with van der Waals surface area (Å²) in [7, 11) is -2.29. The summed E-state index contributed by atoms with van der Waals surface area (Å²) >= 11 is 0. The van der Waals surface area contributed by atoms with Gasteiger partial charge < -0.3 is 18.9 Å². The predicted molar refractivity (Wildman–Crippen MR) is 143 cm³/mol. The lowest BCUT2D eigenvalue weighted by atomic mass is 9.99. The van der Waals surface area contributed by atoms with E-state index in [1.807, 2.05) is 60.7 Å². The fourth-order valence-electron chi connectivity index (χ4n) is 3.78. The quantitative estimate of drug-likeness (QED) is 0.214. The van der Waals surface area contributed by atoms with E-state index < -0.39 is 19.6 Å². The van der Waals surface area contributed by atoms with Gasteiger partial charge in [-0.3, -0.25) is 10.1 Å². The molecule has 4 aromatic carbocycles. The van der Waals surface area contributed by atoms with Crippen molar-refractivity contribution in [2.75, 3.05) is 13.4 Å². The van der Waals surface area contributed by atoms with Gasteiger partial charge in [0.15, 0.2) is 0 Å². The number of carbonyl (C=O) groups is 1. The molecule has 4 aromatic rings. The van der Waals surface area contributed by atoms with Gasteiger partial charge in [-0.1, -0.05) is 78.9 Å². The van der Waals surface area contributed by atoms with Crippen LogP contribution in [0.15, 0.2) is 109 Å². The summed E-state index contributed by atoms with van der Waals surface area (Å²) in [6, 6.07) is 31.7. The van der Waals surface area contributed by atoms with Gasteiger partial charge in [0, 0.05) is 6.42 Å². The molecule has 0 bridgehead atoms. The van der Waals surface area contributed by atoms with Crippen LogP contribution >= 0.6 is 7.60 Å². The second-order valence-electron chi connectivity index (χ2n) is 8.27. The molecular weight excluding hydrogens is 489 g/mol. The normalized spacial score (nSPS) is 11.9. The fourth-order valence-corrected chi connectivity index (χ4v) is 5.28. The van der Waals surface area contributed by atoms with Gasteiger partial charge in [-0.25, -0.2) is 4.57 Å². The van der Waals surface area contributed by atoms with Gasteiger partial charge in [0.1, 0.15) is 29.6 Å². The van der Waals surface area contributed by atoms with Crippen LogP contribution in [0.5, 0.6) is 17.2 Å². The van der Waals surface area contributed by atoms with E-state index in [-0.39, 0.29) is 12.7 Å². The number of nitrogens with one attached hydrogen (secondary N) is 1. The minimum absolute atomic E-state index is 0.101. The maximum Gasteiger partial charge on any atom is 0.444 e. The Balaban J connectivity index is 1.53. The van der Waals surface area contributed by atoms with Crippen LogP contribution in [-0.2, 0) is 15.8 Å². The Labute approximate surface area is 216 Å². The third-order valence-corrected chi connectivity index (χ3v) is 7.17. The number of aliphatic carboxylic acids is 1. The molecule has 0 heterocycles. The number of carboxylic acids is 1. The molecule has 0 aromatic heterocycles. The van der Waals surface area contributed by atoms with Gasteiger partial charge in [-0.05, 0) is 47.0 Å². The van der Waals surface area contributed by atoms with E-state index in [0.717, 1.165) is 11.1 Å². The first-order chi connectivity index (χ1) is 18.0. The largest absolute Gasteiger partial charge is 0.496 e. The Hall–Kier alpha value is -4.06. The van der Waals surface area contributed by atoms with Crippen LogP contribution in [0.4, 0.5) is 0 Å². The monoisotopic (exact) mass is 517 g/mol. The molecule has 37 heavy (non-hydrogen) atoms. The van der Waals surface area contributed by atoms with Crippen molar-refractivity contribution in [1.29, 1.82) is 0 Å². The summed E-state index contributed by atoms with van der Waals surface area (Å²) in [5, 5.41) is 12.8. The van der Waals surface area contributed by atoms with Gasteiger partial charge in [-0.15, -0.1) is 0 Å². The SMILES string of the molecule is COc1cc(-c2ccccc2)ccc1C[C@H](NCP(=O)(Oc1ccccc1)Oc1ccccc1)C(=O)O. The Morgan fingerprint density at radius 3 is 1.86 bits per heavy atom. The maximum atomic E-state index is 13.7. The lowest BCUT2D eigenvalue weighted by molar-refractivity contribution is -0.139. The first kappa shape index (κ1) is 26.0. The third-order valence-electron chi connectivity index (χ3n) is 5.62. The Morgan fingerprint density at radius 1 is 0.811 bits per heavy atom. The molecule has 190 valence electrons. The van der Waals surface area contributed by atoms with Crippen LogP contribution < -0.4 is 19.1 Å². The summed E-state index contributed by atoms with van der Waals surface area (Å²) in [6.07, 6.45) is -0.220. The molecule has 0 amide bonds. The number of para-hydroxylation sites is 2. The first-order valence-electron chi connectivity index (χ1n) is 11.7. The third kappa shape index (κ3) is 7.23. The second-order valence-corrected chi connectivity index (χ2v) is 10.2. The van der Waals surface area contributed by atoms with Gasteiger partial charge in [0.05, 0.1) is 7.11 Å². The van der Waals surface area contributed by atoms with Gasteiger partial charge >= 0.3 is 13.6 Å². The summed E-state index contributed by atoms with van der Waals surface area (Å²) in [5.74, 6) is 0.182. The van der Waals surface area contributed by atoms with E-state index in [0.29, 0.717) is 22.8 Å². The zero-order valence-corrected chi connectivity index (χ0v) is 21.2. The number of hydrogen-bond donors (Lipinski definition) is 2. The van der Waals surface area contributed by atoms with Crippen LogP contribution in [0, 0.1) is 0 Å². The van der Waals surface area contributed by atoms with E-state index in [2.05, 4.69) is 5.32 Å². The van der Waals surface area contributed by atoms with Gasteiger partial charge in [0.25, 0.3) is 0 Å². The molecule has 0 unspecified atom stereocenters. The highest BCUT2D eigenvalue weighted by molar-refractivity contribution is 7.54. The molecule has 8 heteroatoms. The molecule has 0 saturated heterocycles. The average Bonchev–Trinajstić information content (AvgIpc) is 2.92. The van der Waals surface area contributed by atoms with Gasteiger partial charge in [-0.2, -0.15) is 0 Å². The zero-order valence-electron chi connectivity index (χ0n) is 20.3. The number of benzene rings is 4. The molecule has 0 spiro atoms. The van der Waals surface area contributed by atoms with Crippen molar-refractivity contribution in [3.8, 4) is 28.4 Å². The minimum atomic E-state index is -3.83. The predicted octanol–water partition coefficient (Wildman–Crippen LogP) is 6.26. The van der Waals surface area contributed by atoms with Crippen molar-refractivity contribution in [3.63, 3.8) is 0 Å². The lowest BCUT2D eigenvalue weighted by Crippen LogP contribution is -2.39. The average molecular weight is 518 g/mol. The summed E-state index contributed by atoms with van der Waals surface area (Å²) < 4.78 is 30.8. The van der Waals surface area contributed by atoms with Crippen LogP contribution in [0.1, 0.15) is 5.56 Å². The number of hydrogen-bond acceptors (Lipinski definition) is 6. The molecule has 1 atom stereocenters. The highest BCUT2D eigenvalue weighted by Crippen LogP contribution is 2.47. The van der Waals surface area contributed by atoms with Crippen molar-refractivity contribution < 1.29 is 28.3 Å². The highest BCUT2D eigenvalue weighted by Gasteiger charge is 2.31. The van der Waals surface area contributed by atoms with Crippen molar-refractivity contribution in [1.82, 2.24) is 5.32 Å². The van der Waals surface area contributed by atoms with Gasteiger partial charge in [0.2, 0.25) is 0 Å². The molecular formula is C29H28NO6P. The zero-order chi connectivity index (χ0) is 26.1. The Morgan fingerprint density at radius 2 is 1.35 bits per heavy atom. The van der Waals surface area contributed by atoms with Crippen molar-refractivity contribution in [3.05, 3.63) is 115 Å². The summed E-state index contributed by atoms with van der Waals surface area (Å²) in [5.41, 5.74) is 2.68. The molecule has 0 aliphatic carbocycles. The molecule has 0 aliphatic heterocycles. The van der Waals surface area contributed by atoms with Crippen molar-refractivity contribution in [2.45, 2.75) is 12.5 Å². The smallest absolute Gasteiger partial charge is 0.444 e. The van der Waals surface area contributed by atoms with Crippen LogP contribution in [0.3, 0.4) is 0 Å². The maximum absolute atomic E-state index is 13.7. The molecule has 2 N–H and O–H groups in total. The van der Waals surface area contributed by atoms with Crippen molar-refractivity contribution in [2.24, 2.45) is 0 Å². The minimum Gasteiger partial charge on any atom is -0.496 e. The fraction of sp³-hybridized carbons (Fsp3) is 0.138. The molecule has 0 aliphatic rings. The standard InChI is InChI=1S/C29H28NO6P/c1-34-28-20-23(22-11-5-2-6-12-22)17-18-24(28)19-27(29(31)32)30-21-37(33,35-25-13-7-3-8-14-25)36-26-15-9-4-10-16-26/h2-18,20,27,30H,19,21H2,1H3,(H,31,32)/t27-/m0/s1. The highest BCUT2D eigenvalue weighted by atomic mass is 31.2. The number of methoxy groups -OCH3 is 1. The molecule has 4 rings (SSSR count). The molecule has 0 saturated carbocycles. The van der Waals surface area contributed by atoms with E-state index in [1.54, 1.807) is 55.6 Å². The van der Waals surface area contributed by atoms with Crippen LogP contribution in [-0.4, -0.2) is 30.5 Å². The molecule has 0 radical (unpaired) electrons. The van der Waals surface area contributed by atoms with E-state index >= 15 is 0 Å². The number of carboxylic acid groups (broad SMARTS) is 1. The van der Waals surface area contributed by atoms with E-state index in [9.17, 15) is 14.5 Å². The van der Waals surface area contributed by atoms with E-state index in [4.69, 9.17) is 13.8 Å². The second kappa shape index (κ2) is 12.3. The summed E-state index contributed by atoms with van der Waals surface area (Å²) in [4.78, 5) is 12.2. The van der Waals surface area contributed by atoms with Crippen LogP contribution in [0.25, 0.3) is 11.1 Å². The van der Waals surface area contributed by atoms with Crippen LogP contribution in [0.2, 0.25) is 0 Å². The molecule has 0 fully saturated rings. The van der Waals surface area contributed by atoms with E-state index in [1.165, 1.54) is 0 Å². The number of rotatable bonds is 12. The Bertz CT molecular complexity index is 1300. The Kier molecular flexibility index (Phi) is 8.62. The topological polar surface area (TPSA) is 94.1 Å². The van der Waals surface area contributed by atoms with Crippen molar-refractivity contribution >= 4 is 13.6 Å². The molecule has 7 nitrogen and oxygen atoms in total. The summed E-state index contributed by atoms with van der Waals surface area (Å²) in [6.45, 7) is 0. The first-order valence-corrected chi connectivity index (χ1v) is 13.5. The lowest BCUT2D eigenvalue weighted by Gasteiger charge is -2.23. The number of ether oxygens (including phenoxy) is 1.